The largest absolute Gasteiger partial charge is 0.492 e. The van der Waals surface area contributed by atoms with Crippen LogP contribution in [0.25, 0.3) is 0 Å². The van der Waals surface area contributed by atoms with Gasteiger partial charge in [0.1, 0.15) is 18.6 Å². The maximum atomic E-state index is 13.0. The second-order valence-corrected chi connectivity index (χ2v) is 8.32. The highest BCUT2D eigenvalue weighted by molar-refractivity contribution is 5.84. The van der Waals surface area contributed by atoms with E-state index in [0.29, 0.717) is 32.7 Å². The van der Waals surface area contributed by atoms with E-state index in [2.05, 4.69) is 22.9 Å². The number of para-hydroxylation sites is 1. The summed E-state index contributed by atoms with van der Waals surface area (Å²) < 4.78 is 6.01. The van der Waals surface area contributed by atoms with Crippen molar-refractivity contribution in [3.05, 3.63) is 29.8 Å². The van der Waals surface area contributed by atoms with Crippen molar-refractivity contribution >= 4 is 18.1 Å². The van der Waals surface area contributed by atoms with Crippen LogP contribution in [0, 0.1) is 5.92 Å². The zero-order chi connectivity index (χ0) is 24.6. The molecule has 2 amide bonds. The summed E-state index contributed by atoms with van der Waals surface area (Å²) in [5.74, 6) is 0.873. The summed E-state index contributed by atoms with van der Waals surface area (Å²) in [6, 6.07) is 7.11. The van der Waals surface area contributed by atoms with Gasteiger partial charge in [0.25, 0.3) is 0 Å². The number of aldehydes is 1. The highest BCUT2D eigenvalue weighted by Crippen LogP contribution is 2.19. The molecule has 1 aromatic carbocycles. The van der Waals surface area contributed by atoms with Crippen LogP contribution in [0.3, 0.4) is 0 Å². The minimum absolute atomic E-state index is 0.0115. The fraction of sp³-hybridized carbons (Fsp3) is 0.640. The van der Waals surface area contributed by atoms with Crippen molar-refractivity contribution < 1.29 is 19.1 Å². The lowest BCUT2D eigenvalue weighted by atomic mass is 9.97. The Morgan fingerprint density at radius 3 is 2.52 bits per heavy atom. The van der Waals surface area contributed by atoms with Crippen molar-refractivity contribution in [2.45, 2.75) is 58.5 Å². The molecule has 33 heavy (non-hydrogen) atoms. The van der Waals surface area contributed by atoms with Gasteiger partial charge in [-0.25, -0.2) is 0 Å². The Balaban J connectivity index is 2.59. The lowest BCUT2D eigenvalue weighted by Gasteiger charge is -2.31. The molecule has 0 aliphatic carbocycles. The minimum Gasteiger partial charge on any atom is -0.492 e. The molecule has 0 spiro atoms. The first kappa shape index (κ1) is 28.6. The summed E-state index contributed by atoms with van der Waals surface area (Å²) in [6.45, 7) is 7.86. The summed E-state index contributed by atoms with van der Waals surface area (Å²) in [5.41, 5.74) is 1.09. The molecule has 1 rings (SSSR count). The number of hydrogen-bond donors (Lipinski definition) is 3. The van der Waals surface area contributed by atoms with Gasteiger partial charge in [0.05, 0.1) is 18.6 Å². The molecular weight excluding hydrogens is 420 g/mol. The van der Waals surface area contributed by atoms with E-state index in [0.717, 1.165) is 36.9 Å². The van der Waals surface area contributed by atoms with Gasteiger partial charge in [0, 0.05) is 20.1 Å². The van der Waals surface area contributed by atoms with Crippen molar-refractivity contribution in [3.8, 4) is 5.75 Å². The van der Waals surface area contributed by atoms with Gasteiger partial charge in [-0.1, -0.05) is 45.4 Å². The molecule has 8 heteroatoms. The zero-order valence-electron chi connectivity index (χ0n) is 20.9. The Labute approximate surface area is 198 Å². The third-order valence-corrected chi connectivity index (χ3v) is 5.88. The molecule has 0 saturated heterocycles. The Kier molecular flexibility index (Phi) is 14.0. The molecule has 0 saturated carbocycles. The van der Waals surface area contributed by atoms with E-state index in [1.807, 2.05) is 38.1 Å². The van der Waals surface area contributed by atoms with Gasteiger partial charge >= 0.3 is 0 Å². The molecule has 3 N–H and O–H groups in total. The van der Waals surface area contributed by atoms with E-state index in [1.165, 1.54) is 0 Å². The average Bonchev–Trinajstić information content (AvgIpc) is 2.82. The quantitative estimate of drug-likeness (QED) is 0.241. The molecule has 0 fully saturated rings. The summed E-state index contributed by atoms with van der Waals surface area (Å²) in [4.78, 5) is 37.4. The van der Waals surface area contributed by atoms with Gasteiger partial charge in [-0.3, -0.25) is 9.59 Å². The molecule has 0 aromatic heterocycles. The molecule has 1 aromatic rings. The fourth-order valence-corrected chi connectivity index (χ4v) is 3.57. The Hall–Kier alpha value is -2.45. The van der Waals surface area contributed by atoms with Gasteiger partial charge < -0.3 is 30.4 Å². The number of amides is 2. The first-order valence-corrected chi connectivity index (χ1v) is 12.0. The first-order chi connectivity index (χ1) is 15.9. The van der Waals surface area contributed by atoms with Crippen LogP contribution in [0.1, 0.15) is 45.6 Å². The van der Waals surface area contributed by atoms with Gasteiger partial charge in [-0.2, -0.15) is 0 Å². The number of ether oxygens (including phenoxy) is 1. The Morgan fingerprint density at radius 1 is 1.15 bits per heavy atom. The van der Waals surface area contributed by atoms with Crippen LogP contribution in [0.15, 0.2) is 24.3 Å². The molecule has 0 aliphatic heterocycles. The minimum atomic E-state index is -0.406. The van der Waals surface area contributed by atoms with Crippen LogP contribution >= 0.6 is 0 Å². The van der Waals surface area contributed by atoms with Crippen LogP contribution < -0.4 is 20.7 Å². The number of likely N-dealkylation sites (N-methyl/N-ethyl adjacent to an activating group) is 2. The smallest absolute Gasteiger partial charge is 0.240 e. The number of nitrogens with zero attached hydrogens (tertiary/aromatic N) is 1. The fourth-order valence-electron chi connectivity index (χ4n) is 3.57. The molecule has 3 atom stereocenters. The number of aryl methyl sites for hydroxylation is 1. The summed E-state index contributed by atoms with van der Waals surface area (Å²) in [6.07, 6.45) is 3.89. The van der Waals surface area contributed by atoms with Crippen molar-refractivity contribution in [1.82, 2.24) is 20.9 Å². The SMILES string of the molecule is CCC(C)C(NCCOc1ccccc1CCCNC(=O)CNC)C(=O)N(C)C(C=O)CC. The van der Waals surface area contributed by atoms with Crippen molar-refractivity contribution in [1.29, 1.82) is 0 Å². The summed E-state index contributed by atoms with van der Waals surface area (Å²) in [7, 11) is 3.43. The number of benzene rings is 1. The van der Waals surface area contributed by atoms with E-state index >= 15 is 0 Å². The second kappa shape index (κ2) is 16.2. The van der Waals surface area contributed by atoms with Gasteiger partial charge in [-0.05, 0) is 43.9 Å². The highest BCUT2D eigenvalue weighted by atomic mass is 16.5. The molecule has 0 heterocycles. The standard InChI is InChI=1S/C25H42N4O4/c1-6-19(3)24(25(32)29(5)21(7-2)18-30)28-15-16-33-22-13-9-8-11-20(22)12-10-14-27-23(31)17-26-4/h8-9,11,13,18-19,21,24,26,28H,6-7,10,12,14-17H2,1-5H3,(H,27,31). The van der Waals surface area contributed by atoms with Gasteiger partial charge in [-0.15, -0.1) is 0 Å². The molecule has 8 nitrogen and oxygen atoms in total. The second-order valence-electron chi connectivity index (χ2n) is 8.32. The van der Waals surface area contributed by atoms with Crippen LogP contribution in [0.4, 0.5) is 0 Å². The van der Waals surface area contributed by atoms with Crippen molar-refractivity contribution in [2.75, 3.05) is 40.3 Å². The highest BCUT2D eigenvalue weighted by Gasteiger charge is 2.29. The average molecular weight is 463 g/mol. The number of carbonyl (C=O) groups excluding carboxylic acids is 3. The predicted molar refractivity (Wildman–Crippen MR) is 131 cm³/mol. The number of rotatable bonds is 17. The van der Waals surface area contributed by atoms with Crippen LogP contribution in [0.5, 0.6) is 5.75 Å². The lowest BCUT2D eigenvalue weighted by Crippen LogP contribution is -2.52. The molecule has 3 unspecified atom stereocenters. The zero-order valence-corrected chi connectivity index (χ0v) is 20.9. The molecule has 0 bridgehead atoms. The van der Waals surface area contributed by atoms with E-state index < -0.39 is 6.04 Å². The van der Waals surface area contributed by atoms with Gasteiger partial charge in [0.15, 0.2) is 0 Å². The van der Waals surface area contributed by atoms with E-state index in [9.17, 15) is 14.4 Å². The van der Waals surface area contributed by atoms with Gasteiger partial charge in [0.2, 0.25) is 11.8 Å². The monoisotopic (exact) mass is 462 g/mol. The third kappa shape index (κ3) is 9.92. The maximum absolute atomic E-state index is 13.0. The van der Waals surface area contributed by atoms with E-state index in [-0.39, 0.29) is 23.8 Å². The maximum Gasteiger partial charge on any atom is 0.240 e. The van der Waals surface area contributed by atoms with Crippen LogP contribution in [-0.4, -0.2) is 75.4 Å². The normalized spacial score (nSPS) is 13.6. The van der Waals surface area contributed by atoms with Crippen LogP contribution in [0.2, 0.25) is 0 Å². The van der Waals surface area contributed by atoms with E-state index in [1.54, 1.807) is 19.0 Å². The number of hydrogen-bond acceptors (Lipinski definition) is 6. The Morgan fingerprint density at radius 2 is 1.88 bits per heavy atom. The topological polar surface area (TPSA) is 99.8 Å². The molecule has 0 radical (unpaired) electrons. The van der Waals surface area contributed by atoms with Crippen LogP contribution in [-0.2, 0) is 20.8 Å². The van der Waals surface area contributed by atoms with E-state index in [4.69, 9.17) is 4.74 Å². The molecule has 0 aliphatic rings. The Bertz CT molecular complexity index is 728. The number of nitrogens with one attached hydrogen (secondary N) is 3. The molecule has 186 valence electrons. The summed E-state index contributed by atoms with van der Waals surface area (Å²) in [5, 5.41) is 9.04. The van der Waals surface area contributed by atoms with Crippen molar-refractivity contribution in [3.63, 3.8) is 0 Å². The lowest BCUT2D eigenvalue weighted by molar-refractivity contribution is -0.138. The summed E-state index contributed by atoms with van der Waals surface area (Å²) >= 11 is 0. The number of carbonyl (C=O) groups is 3. The van der Waals surface area contributed by atoms with Crippen molar-refractivity contribution in [2.24, 2.45) is 5.92 Å². The molecular formula is C25H42N4O4. The first-order valence-electron chi connectivity index (χ1n) is 12.0. The predicted octanol–water partition coefficient (Wildman–Crippen LogP) is 1.77. The third-order valence-electron chi connectivity index (χ3n) is 5.88.